The average molecular weight is 592 g/mol. The zero-order valence-electron chi connectivity index (χ0n) is 20.2. The number of nitrogens with zero attached hydrogens (tertiary/aromatic N) is 1. The predicted octanol–water partition coefficient (Wildman–Crippen LogP) is 6.55. The average Bonchev–Trinajstić information content (AvgIpc) is 2.86. The van der Waals surface area contributed by atoms with Crippen LogP contribution in [0.5, 0.6) is 5.75 Å². The summed E-state index contributed by atoms with van der Waals surface area (Å²) in [4.78, 5) is 28.6. The molecular formula is C28H29BrCl2N2O3. The molecule has 0 saturated carbocycles. The molecule has 5 nitrogen and oxygen atoms in total. The third-order valence-electron chi connectivity index (χ3n) is 5.52. The van der Waals surface area contributed by atoms with Crippen LogP contribution in [-0.4, -0.2) is 35.9 Å². The van der Waals surface area contributed by atoms with Crippen LogP contribution in [0, 0.1) is 5.92 Å². The zero-order valence-corrected chi connectivity index (χ0v) is 23.3. The summed E-state index contributed by atoms with van der Waals surface area (Å²) < 4.78 is 6.67. The summed E-state index contributed by atoms with van der Waals surface area (Å²) in [6.07, 6.45) is 0.330. The van der Waals surface area contributed by atoms with Gasteiger partial charge in [0.05, 0.1) is 0 Å². The molecule has 0 aromatic heterocycles. The quantitative estimate of drug-likeness (QED) is 0.275. The smallest absolute Gasteiger partial charge is 0.261 e. The molecule has 0 spiro atoms. The van der Waals surface area contributed by atoms with E-state index < -0.39 is 6.04 Å². The summed E-state index contributed by atoms with van der Waals surface area (Å²) in [6.45, 7) is 4.35. The van der Waals surface area contributed by atoms with E-state index in [1.165, 1.54) is 4.90 Å². The van der Waals surface area contributed by atoms with E-state index in [9.17, 15) is 9.59 Å². The molecule has 3 aromatic carbocycles. The number of hydrogen-bond acceptors (Lipinski definition) is 3. The van der Waals surface area contributed by atoms with Gasteiger partial charge in [-0.3, -0.25) is 9.59 Å². The number of rotatable bonds is 11. The minimum atomic E-state index is -0.792. The number of ether oxygens (including phenoxy) is 1. The van der Waals surface area contributed by atoms with Crippen LogP contribution in [0.1, 0.15) is 25.0 Å². The van der Waals surface area contributed by atoms with E-state index in [0.29, 0.717) is 34.3 Å². The molecule has 0 unspecified atom stereocenters. The fourth-order valence-electron chi connectivity index (χ4n) is 3.59. The maximum atomic E-state index is 13.6. The molecule has 1 atom stereocenters. The minimum Gasteiger partial charge on any atom is -0.484 e. The summed E-state index contributed by atoms with van der Waals surface area (Å²) >= 11 is 16.3. The van der Waals surface area contributed by atoms with Gasteiger partial charge in [0.15, 0.2) is 6.61 Å². The highest BCUT2D eigenvalue weighted by molar-refractivity contribution is 9.10. The number of hydrogen-bond donors (Lipinski definition) is 1. The Morgan fingerprint density at radius 2 is 1.58 bits per heavy atom. The Hall–Kier alpha value is -2.54. The fraction of sp³-hybridized carbons (Fsp3) is 0.286. The van der Waals surface area contributed by atoms with Gasteiger partial charge in [0, 0.05) is 39.6 Å². The van der Waals surface area contributed by atoms with Crippen molar-refractivity contribution in [3.05, 3.63) is 98.4 Å². The molecule has 8 heteroatoms. The first-order valence-electron chi connectivity index (χ1n) is 11.7. The van der Waals surface area contributed by atoms with Gasteiger partial charge in [0.1, 0.15) is 11.8 Å². The summed E-state index contributed by atoms with van der Waals surface area (Å²) in [5, 5.41) is 3.84. The Labute approximate surface area is 230 Å². The molecular weight excluding hydrogens is 563 g/mol. The van der Waals surface area contributed by atoms with E-state index in [0.717, 1.165) is 10.0 Å². The SMILES string of the molecule is CC(C)CNC(=O)[C@@H](Cc1ccccc1)N(Cc1c(Cl)cccc1Cl)C(=O)COc1ccc(Br)cc1. The second-order valence-electron chi connectivity index (χ2n) is 8.81. The van der Waals surface area contributed by atoms with Crippen LogP contribution < -0.4 is 10.1 Å². The van der Waals surface area contributed by atoms with Crippen LogP contribution >= 0.6 is 39.1 Å². The molecule has 0 aliphatic heterocycles. The standard InChI is InChI=1S/C28H29BrCl2N2O3/c1-19(2)16-32-28(35)26(15-20-7-4-3-5-8-20)33(17-23-24(30)9-6-10-25(23)31)27(34)18-36-22-13-11-21(29)12-14-22/h3-14,19,26H,15-18H2,1-2H3,(H,32,35)/t26-/m1/s1. The Morgan fingerprint density at radius 1 is 0.944 bits per heavy atom. The highest BCUT2D eigenvalue weighted by Gasteiger charge is 2.31. The van der Waals surface area contributed by atoms with Gasteiger partial charge in [0.2, 0.25) is 5.91 Å². The van der Waals surface area contributed by atoms with Crippen LogP contribution in [0.15, 0.2) is 77.3 Å². The van der Waals surface area contributed by atoms with Gasteiger partial charge in [-0.15, -0.1) is 0 Å². The van der Waals surface area contributed by atoms with Gasteiger partial charge in [-0.05, 0) is 47.9 Å². The van der Waals surface area contributed by atoms with Crippen molar-refractivity contribution in [2.24, 2.45) is 5.92 Å². The first-order valence-corrected chi connectivity index (χ1v) is 13.2. The molecule has 0 aliphatic carbocycles. The van der Waals surface area contributed by atoms with Crippen molar-refractivity contribution < 1.29 is 14.3 Å². The van der Waals surface area contributed by atoms with E-state index in [1.807, 2.05) is 56.3 Å². The molecule has 0 fully saturated rings. The Balaban J connectivity index is 1.94. The minimum absolute atomic E-state index is 0.0631. The van der Waals surface area contributed by atoms with Gasteiger partial charge in [-0.1, -0.05) is 89.4 Å². The van der Waals surface area contributed by atoms with Gasteiger partial charge in [0.25, 0.3) is 5.91 Å². The molecule has 3 aromatic rings. The topological polar surface area (TPSA) is 58.6 Å². The lowest BCUT2D eigenvalue weighted by atomic mass is 10.0. The van der Waals surface area contributed by atoms with Crippen molar-refractivity contribution in [2.45, 2.75) is 32.9 Å². The van der Waals surface area contributed by atoms with E-state index in [4.69, 9.17) is 27.9 Å². The molecule has 36 heavy (non-hydrogen) atoms. The van der Waals surface area contributed by atoms with Crippen LogP contribution in [0.3, 0.4) is 0 Å². The first kappa shape index (κ1) is 28.0. The van der Waals surface area contributed by atoms with Crippen molar-refractivity contribution in [3.8, 4) is 5.75 Å². The molecule has 0 saturated heterocycles. The van der Waals surface area contributed by atoms with Crippen LogP contribution in [0.2, 0.25) is 10.0 Å². The van der Waals surface area contributed by atoms with Crippen molar-refractivity contribution in [3.63, 3.8) is 0 Å². The zero-order chi connectivity index (χ0) is 26.1. The van der Waals surface area contributed by atoms with Crippen molar-refractivity contribution in [1.82, 2.24) is 10.2 Å². The lowest BCUT2D eigenvalue weighted by molar-refractivity contribution is -0.142. The molecule has 3 rings (SSSR count). The number of benzene rings is 3. The number of carbonyl (C=O) groups is 2. The van der Waals surface area contributed by atoms with E-state index >= 15 is 0 Å². The van der Waals surface area contributed by atoms with E-state index in [-0.39, 0.29) is 30.9 Å². The lowest BCUT2D eigenvalue weighted by Gasteiger charge is -2.32. The first-order chi connectivity index (χ1) is 17.2. The van der Waals surface area contributed by atoms with E-state index in [2.05, 4.69) is 21.2 Å². The normalized spacial score (nSPS) is 11.7. The summed E-state index contributed by atoms with van der Waals surface area (Å²) in [6, 6.07) is 21.2. The highest BCUT2D eigenvalue weighted by Crippen LogP contribution is 2.27. The van der Waals surface area contributed by atoms with Crippen LogP contribution in [-0.2, 0) is 22.6 Å². The van der Waals surface area contributed by atoms with Gasteiger partial charge < -0.3 is 15.0 Å². The number of amides is 2. The van der Waals surface area contributed by atoms with E-state index in [1.54, 1.807) is 30.3 Å². The predicted molar refractivity (Wildman–Crippen MR) is 148 cm³/mol. The third-order valence-corrected chi connectivity index (χ3v) is 6.76. The monoisotopic (exact) mass is 590 g/mol. The van der Waals surface area contributed by atoms with Crippen LogP contribution in [0.4, 0.5) is 0 Å². The molecule has 0 bridgehead atoms. The van der Waals surface area contributed by atoms with Gasteiger partial charge >= 0.3 is 0 Å². The maximum Gasteiger partial charge on any atom is 0.261 e. The second-order valence-corrected chi connectivity index (χ2v) is 10.5. The van der Waals surface area contributed by atoms with Crippen LogP contribution in [0.25, 0.3) is 0 Å². The van der Waals surface area contributed by atoms with Crippen molar-refractivity contribution >= 4 is 50.9 Å². The Bertz CT molecular complexity index is 1140. The van der Waals surface area contributed by atoms with Crippen molar-refractivity contribution in [1.29, 1.82) is 0 Å². The Kier molecular flexibility index (Phi) is 10.7. The molecule has 1 N–H and O–H groups in total. The lowest BCUT2D eigenvalue weighted by Crippen LogP contribution is -2.52. The molecule has 2 amide bonds. The molecule has 0 aliphatic rings. The number of nitrogens with one attached hydrogen (secondary N) is 1. The maximum absolute atomic E-state index is 13.6. The summed E-state index contributed by atoms with van der Waals surface area (Å²) in [5.41, 5.74) is 1.51. The fourth-order valence-corrected chi connectivity index (χ4v) is 4.37. The molecule has 0 heterocycles. The largest absolute Gasteiger partial charge is 0.484 e. The third kappa shape index (κ3) is 8.26. The second kappa shape index (κ2) is 13.7. The highest BCUT2D eigenvalue weighted by atomic mass is 79.9. The number of halogens is 3. The van der Waals surface area contributed by atoms with Crippen molar-refractivity contribution in [2.75, 3.05) is 13.2 Å². The Morgan fingerprint density at radius 3 is 2.19 bits per heavy atom. The molecule has 190 valence electrons. The number of carbonyl (C=O) groups excluding carboxylic acids is 2. The molecule has 0 radical (unpaired) electrons. The van der Waals surface area contributed by atoms with Gasteiger partial charge in [-0.25, -0.2) is 0 Å². The summed E-state index contributed by atoms with van der Waals surface area (Å²) in [7, 11) is 0. The van der Waals surface area contributed by atoms with Gasteiger partial charge in [-0.2, -0.15) is 0 Å². The summed E-state index contributed by atoms with van der Waals surface area (Å²) in [5.74, 6) is 0.211.